The van der Waals surface area contributed by atoms with E-state index in [0.717, 1.165) is 32.4 Å². The van der Waals surface area contributed by atoms with Gasteiger partial charge in [-0.15, -0.1) is 0 Å². The van der Waals surface area contributed by atoms with Gasteiger partial charge in [0.05, 0.1) is 5.56 Å². The lowest BCUT2D eigenvalue weighted by atomic mass is 9.91. The summed E-state index contributed by atoms with van der Waals surface area (Å²) in [4.78, 5) is 28.0. The summed E-state index contributed by atoms with van der Waals surface area (Å²) in [7, 11) is 0. The van der Waals surface area contributed by atoms with Crippen LogP contribution in [0.3, 0.4) is 0 Å². The van der Waals surface area contributed by atoms with E-state index in [4.69, 9.17) is 0 Å². The fourth-order valence-electron chi connectivity index (χ4n) is 3.29. The molecule has 0 aliphatic carbocycles. The lowest BCUT2D eigenvalue weighted by molar-refractivity contribution is -0.131. The Bertz CT molecular complexity index is 564. The molecule has 1 saturated heterocycles. The summed E-state index contributed by atoms with van der Waals surface area (Å²) in [6.07, 6.45) is 3.21. The van der Waals surface area contributed by atoms with Crippen molar-refractivity contribution in [1.82, 2.24) is 9.80 Å². The molecule has 0 N–H and O–H groups in total. The second-order valence-corrected chi connectivity index (χ2v) is 6.32. The van der Waals surface area contributed by atoms with Crippen molar-refractivity contribution in [2.75, 3.05) is 26.2 Å². The number of carbonyl (C=O) groups excluding carboxylic acids is 2. The van der Waals surface area contributed by atoms with Crippen molar-refractivity contribution in [3.05, 3.63) is 35.6 Å². The molecule has 4 nitrogen and oxygen atoms in total. The van der Waals surface area contributed by atoms with Crippen LogP contribution in [0.15, 0.2) is 24.3 Å². The zero-order valence-electron chi connectivity index (χ0n) is 14.6. The Balaban J connectivity index is 1.80. The van der Waals surface area contributed by atoms with Gasteiger partial charge in [-0.1, -0.05) is 12.1 Å². The predicted molar refractivity (Wildman–Crippen MR) is 92.2 cm³/mol. The van der Waals surface area contributed by atoms with Gasteiger partial charge in [0.15, 0.2) is 0 Å². The van der Waals surface area contributed by atoms with Crippen LogP contribution in [0.2, 0.25) is 0 Å². The molecule has 1 aliphatic rings. The minimum absolute atomic E-state index is 0.146. The van der Waals surface area contributed by atoms with Crippen LogP contribution >= 0.6 is 0 Å². The van der Waals surface area contributed by atoms with Gasteiger partial charge in [-0.2, -0.15) is 0 Å². The van der Waals surface area contributed by atoms with Crippen molar-refractivity contribution in [3.8, 4) is 0 Å². The minimum Gasteiger partial charge on any atom is -0.343 e. The van der Waals surface area contributed by atoms with Crippen molar-refractivity contribution < 1.29 is 14.0 Å². The molecule has 1 fully saturated rings. The summed E-state index contributed by atoms with van der Waals surface area (Å²) in [6.45, 7) is 6.77. The molecule has 132 valence electrons. The summed E-state index contributed by atoms with van der Waals surface area (Å²) in [5.74, 6) is -0.0146. The normalized spacial score (nSPS) is 15.4. The van der Waals surface area contributed by atoms with Crippen LogP contribution in [0.4, 0.5) is 4.39 Å². The topological polar surface area (TPSA) is 40.6 Å². The van der Waals surface area contributed by atoms with Gasteiger partial charge < -0.3 is 9.80 Å². The van der Waals surface area contributed by atoms with E-state index in [1.165, 1.54) is 12.1 Å². The first-order valence-electron chi connectivity index (χ1n) is 8.88. The molecule has 1 aromatic rings. The number of hydrogen-bond acceptors (Lipinski definition) is 2. The molecule has 1 aromatic carbocycles. The van der Waals surface area contributed by atoms with Crippen LogP contribution in [-0.2, 0) is 4.79 Å². The monoisotopic (exact) mass is 334 g/mol. The van der Waals surface area contributed by atoms with Crippen LogP contribution in [0.5, 0.6) is 0 Å². The standard InChI is InChI=1S/C19H27FN2O2/c1-3-21(4-2)18(23)10-9-15-11-13-22(14-12-15)19(24)16-7-5-6-8-17(16)20/h5-8,15H,3-4,9-14H2,1-2H3. The van der Waals surface area contributed by atoms with Gasteiger partial charge in [0, 0.05) is 32.6 Å². The van der Waals surface area contributed by atoms with E-state index >= 15 is 0 Å². The SMILES string of the molecule is CCN(CC)C(=O)CCC1CCN(C(=O)c2ccccc2F)CC1. The summed E-state index contributed by atoms with van der Waals surface area (Å²) in [5.41, 5.74) is 0.146. The largest absolute Gasteiger partial charge is 0.343 e. The maximum Gasteiger partial charge on any atom is 0.256 e. The van der Waals surface area contributed by atoms with Crippen LogP contribution in [0.25, 0.3) is 0 Å². The maximum absolute atomic E-state index is 13.7. The van der Waals surface area contributed by atoms with Gasteiger partial charge in [0.1, 0.15) is 5.82 Å². The van der Waals surface area contributed by atoms with E-state index in [9.17, 15) is 14.0 Å². The third kappa shape index (κ3) is 4.56. The number of hydrogen-bond donors (Lipinski definition) is 0. The second-order valence-electron chi connectivity index (χ2n) is 6.32. The van der Waals surface area contributed by atoms with Crippen molar-refractivity contribution >= 4 is 11.8 Å². The Morgan fingerprint density at radius 1 is 1.17 bits per heavy atom. The van der Waals surface area contributed by atoms with Crippen LogP contribution in [0.1, 0.15) is 49.9 Å². The predicted octanol–water partition coefficient (Wildman–Crippen LogP) is 3.33. The van der Waals surface area contributed by atoms with Gasteiger partial charge in [0.25, 0.3) is 5.91 Å². The Labute approximate surface area is 143 Å². The highest BCUT2D eigenvalue weighted by molar-refractivity contribution is 5.94. The Kier molecular flexibility index (Phi) is 6.76. The fourth-order valence-corrected chi connectivity index (χ4v) is 3.29. The highest BCUT2D eigenvalue weighted by atomic mass is 19.1. The van der Waals surface area contributed by atoms with E-state index in [0.29, 0.717) is 25.4 Å². The maximum atomic E-state index is 13.7. The lowest BCUT2D eigenvalue weighted by Crippen LogP contribution is -2.39. The van der Waals surface area contributed by atoms with Crippen molar-refractivity contribution in [2.24, 2.45) is 5.92 Å². The number of likely N-dealkylation sites (tertiary alicyclic amines) is 1. The number of benzene rings is 1. The number of carbonyl (C=O) groups is 2. The smallest absolute Gasteiger partial charge is 0.256 e. The average molecular weight is 334 g/mol. The fraction of sp³-hybridized carbons (Fsp3) is 0.579. The number of amides is 2. The van der Waals surface area contributed by atoms with E-state index < -0.39 is 5.82 Å². The molecule has 5 heteroatoms. The molecule has 0 unspecified atom stereocenters. The second kappa shape index (κ2) is 8.81. The molecule has 0 atom stereocenters. The highest BCUT2D eigenvalue weighted by Crippen LogP contribution is 2.24. The molecule has 0 aromatic heterocycles. The number of halogens is 1. The molecule has 0 saturated carbocycles. The van der Waals surface area contributed by atoms with Crippen LogP contribution in [0, 0.1) is 11.7 Å². The van der Waals surface area contributed by atoms with Crippen molar-refractivity contribution in [1.29, 1.82) is 0 Å². The molecule has 2 amide bonds. The van der Waals surface area contributed by atoms with Crippen molar-refractivity contribution in [3.63, 3.8) is 0 Å². The minimum atomic E-state index is -0.463. The Hall–Kier alpha value is -1.91. The first kappa shape index (κ1) is 18.4. The average Bonchev–Trinajstić information content (AvgIpc) is 2.61. The van der Waals surface area contributed by atoms with E-state index in [1.54, 1.807) is 17.0 Å². The van der Waals surface area contributed by atoms with E-state index in [2.05, 4.69) is 0 Å². The van der Waals surface area contributed by atoms with E-state index in [-0.39, 0.29) is 17.4 Å². The first-order valence-corrected chi connectivity index (χ1v) is 8.88. The number of piperidine rings is 1. The molecule has 1 aliphatic heterocycles. The number of nitrogens with zero attached hydrogens (tertiary/aromatic N) is 2. The number of rotatable bonds is 6. The zero-order valence-corrected chi connectivity index (χ0v) is 14.6. The molecule has 24 heavy (non-hydrogen) atoms. The van der Waals surface area contributed by atoms with Crippen molar-refractivity contribution in [2.45, 2.75) is 39.5 Å². The first-order chi connectivity index (χ1) is 11.6. The zero-order chi connectivity index (χ0) is 17.5. The quantitative estimate of drug-likeness (QED) is 0.801. The summed E-state index contributed by atoms with van der Waals surface area (Å²) < 4.78 is 13.7. The molecular formula is C19H27FN2O2. The summed E-state index contributed by atoms with van der Waals surface area (Å²) >= 11 is 0. The van der Waals surface area contributed by atoms with Crippen LogP contribution < -0.4 is 0 Å². The molecule has 0 bridgehead atoms. The van der Waals surface area contributed by atoms with E-state index in [1.807, 2.05) is 18.7 Å². The molecule has 0 radical (unpaired) electrons. The van der Waals surface area contributed by atoms with Gasteiger partial charge in [-0.25, -0.2) is 4.39 Å². The van der Waals surface area contributed by atoms with Gasteiger partial charge >= 0.3 is 0 Å². The molecule has 0 spiro atoms. The molecule has 1 heterocycles. The third-order valence-corrected chi connectivity index (χ3v) is 4.89. The van der Waals surface area contributed by atoms with Crippen LogP contribution in [-0.4, -0.2) is 47.8 Å². The molecular weight excluding hydrogens is 307 g/mol. The third-order valence-electron chi connectivity index (χ3n) is 4.89. The summed E-state index contributed by atoms with van der Waals surface area (Å²) in [5, 5.41) is 0. The molecule has 2 rings (SSSR count). The van der Waals surface area contributed by atoms with Gasteiger partial charge in [-0.3, -0.25) is 9.59 Å². The lowest BCUT2D eigenvalue weighted by Gasteiger charge is -2.32. The van der Waals surface area contributed by atoms with Gasteiger partial charge in [0.2, 0.25) is 5.91 Å². The summed E-state index contributed by atoms with van der Waals surface area (Å²) in [6, 6.07) is 6.12. The van der Waals surface area contributed by atoms with Gasteiger partial charge in [-0.05, 0) is 51.2 Å². The highest BCUT2D eigenvalue weighted by Gasteiger charge is 2.25. The Morgan fingerprint density at radius 3 is 2.38 bits per heavy atom. The Morgan fingerprint density at radius 2 is 1.79 bits per heavy atom.